The first kappa shape index (κ1) is 16.1. The minimum atomic E-state index is -0.674. The van der Waals surface area contributed by atoms with Gasteiger partial charge < -0.3 is 19.2 Å². The number of nitrogens with one attached hydrogen (secondary N) is 1. The Morgan fingerprint density at radius 3 is 2.77 bits per heavy atom. The summed E-state index contributed by atoms with van der Waals surface area (Å²) in [4.78, 5) is 23.7. The van der Waals surface area contributed by atoms with E-state index >= 15 is 0 Å². The van der Waals surface area contributed by atoms with Gasteiger partial charge >= 0.3 is 5.97 Å². The van der Waals surface area contributed by atoms with Crippen LogP contribution in [-0.2, 0) is 9.53 Å². The SMILES string of the molecule is C=CC(=O)Nc1c(C(=O)OCC)oc2c(OC)ccc(Br)c12. The molecule has 0 fully saturated rings. The van der Waals surface area contributed by atoms with Crippen molar-refractivity contribution in [2.45, 2.75) is 6.92 Å². The molecule has 1 N–H and O–H groups in total. The molecule has 6 nitrogen and oxygen atoms in total. The van der Waals surface area contributed by atoms with Crippen LogP contribution in [0.3, 0.4) is 0 Å². The molecule has 0 radical (unpaired) electrons. The quantitative estimate of drug-likeness (QED) is 0.646. The fraction of sp³-hybridized carbons (Fsp3) is 0.200. The molecule has 1 amide bonds. The van der Waals surface area contributed by atoms with Gasteiger partial charge in [0.2, 0.25) is 11.7 Å². The third-order valence-electron chi connectivity index (χ3n) is 2.87. The van der Waals surface area contributed by atoms with Crippen molar-refractivity contribution < 1.29 is 23.5 Å². The van der Waals surface area contributed by atoms with Crippen molar-refractivity contribution in [3.63, 3.8) is 0 Å². The molecule has 1 heterocycles. The van der Waals surface area contributed by atoms with Crippen molar-refractivity contribution in [3.05, 3.63) is 35.0 Å². The highest BCUT2D eigenvalue weighted by Crippen LogP contribution is 2.41. The number of methoxy groups -OCH3 is 1. The smallest absolute Gasteiger partial charge is 0.376 e. The molecule has 0 unspecified atom stereocenters. The summed E-state index contributed by atoms with van der Waals surface area (Å²) in [6, 6.07) is 3.42. The number of rotatable bonds is 5. The Balaban J connectivity index is 2.73. The zero-order valence-corrected chi connectivity index (χ0v) is 13.7. The Labute approximate surface area is 135 Å². The van der Waals surface area contributed by atoms with Crippen molar-refractivity contribution in [1.29, 1.82) is 0 Å². The monoisotopic (exact) mass is 367 g/mol. The molecular formula is C15H14BrNO5. The van der Waals surface area contributed by atoms with E-state index < -0.39 is 11.9 Å². The third-order valence-corrected chi connectivity index (χ3v) is 3.53. The number of fused-ring (bicyclic) bond motifs is 1. The number of hydrogen-bond donors (Lipinski definition) is 1. The summed E-state index contributed by atoms with van der Waals surface area (Å²) in [6.45, 7) is 5.26. The number of carbonyl (C=O) groups excluding carboxylic acids is 2. The van der Waals surface area contributed by atoms with Gasteiger partial charge in [0, 0.05) is 4.47 Å². The first-order valence-corrected chi connectivity index (χ1v) is 7.22. The maximum Gasteiger partial charge on any atom is 0.376 e. The van der Waals surface area contributed by atoms with Crippen LogP contribution in [0.15, 0.2) is 33.7 Å². The van der Waals surface area contributed by atoms with E-state index in [4.69, 9.17) is 13.9 Å². The highest BCUT2D eigenvalue weighted by molar-refractivity contribution is 9.10. The van der Waals surface area contributed by atoms with Crippen molar-refractivity contribution in [2.75, 3.05) is 19.0 Å². The average molecular weight is 368 g/mol. The van der Waals surface area contributed by atoms with Gasteiger partial charge in [-0.05, 0) is 41.1 Å². The predicted molar refractivity (Wildman–Crippen MR) is 85.2 cm³/mol. The lowest BCUT2D eigenvalue weighted by atomic mass is 10.2. The van der Waals surface area contributed by atoms with Gasteiger partial charge in [-0.25, -0.2) is 4.79 Å². The first-order chi connectivity index (χ1) is 10.5. The zero-order valence-electron chi connectivity index (χ0n) is 12.1. The van der Waals surface area contributed by atoms with Gasteiger partial charge in [0.05, 0.1) is 19.1 Å². The number of ether oxygens (including phenoxy) is 2. The van der Waals surface area contributed by atoms with Crippen LogP contribution in [0.25, 0.3) is 11.0 Å². The lowest BCUT2D eigenvalue weighted by Crippen LogP contribution is -2.12. The van der Waals surface area contributed by atoms with Crippen LogP contribution in [0.5, 0.6) is 5.75 Å². The van der Waals surface area contributed by atoms with Crippen molar-refractivity contribution in [3.8, 4) is 5.75 Å². The number of halogens is 1. The highest BCUT2D eigenvalue weighted by Gasteiger charge is 2.26. The van der Waals surface area contributed by atoms with Crippen molar-refractivity contribution >= 4 is 44.5 Å². The second kappa shape index (κ2) is 6.65. The van der Waals surface area contributed by atoms with E-state index in [-0.39, 0.29) is 18.1 Å². The van der Waals surface area contributed by atoms with Gasteiger partial charge in [-0.3, -0.25) is 4.79 Å². The van der Waals surface area contributed by atoms with Crippen molar-refractivity contribution in [2.24, 2.45) is 0 Å². The molecule has 2 rings (SSSR count). The van der Waals surface area contributed by atoms with Crippen LogP contribution < -0.4 is 10.1 Å². The molecule has 0 aliphatic rings. The third kappa shape index (κ3) is 2.85. The molecule has 7 heteroatoms. The fourth-order valence-corrected chi connectivity index (χ4v) is 2.45. The number of benzene rings is 1. The lowest BCUT2D eigenvalue weighted by Gasteiger charge is -2.04. The number of amides is 1. The molecule has 22 heavy (non-hydrogen) atoms. The van der Waals surface area contributed by atoms with E-state index in [1.165, 1.54) is 7.11 Å². The van der Waals surface area contributed by atoms with Gasteiger partial charge in [0.15, 0.2) is 11.3 Å². The minimum Gasteiger partial charge on any atom is -0.493 e. The molecule has 0 aliphatic heterocycles. The van der Waals surface area contributed by atoms with Crippen molar-refractivity contribution in [1.82, 2.24) is 0 Å². The van der Waals surface area contributed by atoms with Crippen LogP contribution >= 0.6 is 15.9 Å². The fourth-order valence-electron chi connectivity index (χ4n) is 1.94. The Morgan fingerprint density at radius 2 is 2.18 bits per heavy atom. The molecule has 2 aromatic rings. The minimum absolute atomic E-state index is 0.0998. The van der Waals surface area contributed by atoms with E-state index in [0.717, 1.165) is 6.08 Å². The normalized spacial score (nSPS) is 10.3. The number of carbonyl (C=O) groups is 2. The van der Waals surface area contributed by atoms with E-state index in [0.29, 0.717) is 21.2 Å². The molecule has 0 saturated carbocycles. The second-order valence-electron chi connectivity index (χ2n) is 4.17. The molecule has 116 valence electrons. The second-order valence-corrected chi connectivity index (χ2v) is 5.03. The van der Waals surface area contributed by atoms with E-state index in [2.05, 4.69) is 27.8 Å². The van der Waals surface area contributed by atoms with Crippen LogP contribution in [0.4, 0.5) is 5.69 Å². The van der Waals surface area contributed by atoms with Gasteiger partial charge in [0.25, 0.3) is 0 Å². The number of furan rings is 1. The van der Waals surface area contributed by atoms with Gasteiger partial charge in [-0.15, -0.1) is 0 Å². The van der Waals surface area contributed by atoms with Crippen LogP contribution in [0.1, 0.15) is 17.5 Å². The Hall–Kier alpha value is -2.28. The molecule has 0 spiro atoms. The largest absolute Gasteiger partial charge is 0.493 e. The van der Waals surface area contributed by atoms with E-state index in [9.17, 15) is 9.59 Å². The van der Waals surface area contributed by atoms with Gasteiger partial charge in [-0.1, -0.05) is 6.58 Å². The molecule has 1 aromatic carbocycles. The Bertz CT molecular complexity index is 750. The summed E-state index contributed by atoms with van der Waals surface area (Å²) in [6.07, 6.45) is 1.10. The Morgan fingerprint density at radius 1 is 1.45 bits per heavy atom. The summed E-state index contributed by atoms with van der Waals surface area (Å²) in [5.74, 6) is -0.810. The molecule has 0 saturated heterocycles. The van der Waals surface area contributed by atoms with Gasteiger partial charge in [-0.2, -0.15) is 0 Å². The lowest BCUT2D eigenvalue weighted by molar-refractivity contribution is -0.111. The highest BCUT2D eigenvalue weighted by atomic mass is 79.9. The molecule has 0 atom stereocenters. The van der Waals surface area contributed by atoms with Crippen LogP contribution in [0.2, 0.25) is 0 Å². The van der Waals surface area contributed by atoms with E-state index in [1.807, 2.05) is 0 Å². The maximum absolute atomic E-state index is 12.1. The number of anilines is 1. The molecule has 1 aromatic heterocycles. The first-order valence-electron chi connectivity index (χ1n) is 6.43. The number of hydrogen-bond acceptors (Lipinski definition) is 5. The predicted octanol–water partition coefficient (Wildman–Crippen LogP) is 3.51. The maximum atomic E-state index is 12.1. The molecular weight excluding hydrogens is 354 g/mol. The van der Waals surface area contributed by atoms with Crippen LogP contribution in [0, 0.1) is 0 Å². The standard InChI is InChI=1S/C15H14BrNO5/c1-4-10(18)17-12-11-8(16)6-7-9(20-3)13(11)22-14(12)15(19)21-5-2/h4,6-7H,1,5H2,2-3H3,(H,17,18). The summed E-state index contributed by atoms with van der Waals surface area (Å²) in [5, 5.41) is 3.09. The summed E-state index contributed by atoms with van der Waals surface area (Å²) < 4.78 is 16.4. The summed E-state index contributed by atoms with van der Waals surface area (Å²) >= 11 is 3.38. The zero-order chi connectivity index (χ0) is 16.3. The molecule has 0 aliphatic carbocycles. The topological polar surface area (TPSA) is 77.8 Å². The van der Waals surface area contributed by atoms with E-state index in [1.54, 1.807) is 19.1 Å². The summed E-state index contributed by atoms with van der Waals surface area (Å²) in [7, 11) is 1.48. The Kier molecular flexibility index (Phi) is 4.87. The van der Waals surface area contributed by atoms with Crippen LogP contribution in [-0.4, -0.2) is 25.6 Å². The summed E-state index contributed by atoms with van der Waals surface area (Å²) in [5.41, 5.74) is 0.545. The number of esters is 1. The molecule has 0 bridgehead atoms. The average Bonchev–Trinajstić information content (AvgIpc) is 2.88. The van der Waals surface area contributed by atoms with Gasteiger partial charge in [0.1, 0.15) is 5.69 Å².